The molecule has 27 heavy (non-hydrogen) atoms. The van der Waals surface area contributed by atoms with Crippen LogP contribution in [0.4, 0.5) is 8.78 Å². The minimum Gasteiger partial charge on any atom is -0.346 e. The SMILES string of the molecule is FC(F)C1(c2cccc(-c3ncnc4[nH]ccc34)c2)Cc2ccccc2C1. The van der Waals surface area contributed by atoms with Crippen molar-refractivity contribution in [1.82, 2.24) is 15.0 Å². The van der Waals surface area contributed by atoms with Gasteiger partial charge in [-0.3, -0.25) is 0 Å². The average Bonchev–Trinajstić information content (AvgIpc) is 3.33. The number of rotatable bonds is 3. The summed E-state index contributed by atoms with van der Waals surface area (Å²) in [6.07, 6.45) is 1.56. The van der Waals surface area contributed by atoms with E-state index in [2.05, 4.69) is 15.0 Å². The predicted molar refractivity (Wildman–Crippen MR) is 101 cm³/mol. The smallest absolute Gasteiger partial charge is 0.248 e. The Hall–Kier alpha value is -3.08. The number of benzene rings is 2. The third-order valence-corrected chi connectivity index (χ3v) is 5.61. The zero-order valence-corrected chi connectivity index (χ0v) is 14.5. The van der Waals surface area contributed by atoms with Crippen molar-refractivity contribution in [2.24, 2.45) is 0 Å². The van der Waals surface area contributed by atoms with E-state index in [9.17, 15) is 8.78 Å². The Kier molecular flexibility index (Phi) is 3.57. The molecule has 0 atom stereocenters. The first-order valence-corrected chi connectivity index (χ1v) is 8.91. The summed E-state index contributed by atoms with van der Waals surface area (Å²) in [5, 5.41) is 0.885. The number of H-pyrrole nitrogens is 1. The molecule has 0 fully saturated rings. The maximum absolute atomic E-state index is 14.4. The van der Waals surface area contributed by atoms with Crippen LogP contribution in [0, 0.1) is 0 Å². The van der Waals surface area contributed by atoms with E-state index in [1.165, 1.54) is 6.33 Å². The molecule has 2 heterocycles. The van der Waals surface area contributed by atoms with Gasteiger partial charge in [-0.25, -0.2) is 18.7 Å². The highest BCUT2D eigenvalue weighted by molar-refractivity contribution is 5.90. The number of halogens is 2. The second-order valence-corrected chi connectivity index (χ2v) is 7.12. The molecule has 1 aliphatic rings. The van der Waals surface area contributed by atoms with Crippen molar-refractivity contribution in [3.8, 4) is 11.3 Å². The Bertz CT molecular complexity index is 1110. The van der Waals surface area contributed by atoms with Gasteiger partial charge in [0.15, 0.2) is 0 Å². The quantitative estimate of drug-likeness (QED) is 0.562. The summed E-state index contributed by atoms with van der Waals surface area (Å²) in [6.45, 7) is 0. The summed E-state index contributed by atoms with van der Waals surface area (Å²) in [5.41, 5.74) is 3.81. The van der Waals surface area contributed by atoms with Crippen molar-refractivity contribution in [3.05, 3.63) is 83.8 Å². The van der Waals surface area contributed by atoms with E-state index in [-0.39, 0.29) is 0 Å². The molecule has 0 radical (unpaired) electrons. The van der Waals surface area contributed by atoms with E-state index >= 15 is 0 Å². The Morgan fingerprint density at radius 2 is 1.70 bits per heavy atom. The average molecular weight is 361 g/mol. The highest BCUT2D eigenvalue weighted by Gasteiger charge is 2.46. The molecular weight excluding hydrogens is 344 g/mol. The molecule has 0 unspecified atom stereocenters. The second-order valence-electron chi connectivity index (χ2n) is 7.12. The number of alkyl halides is 2. The van der Waals surface area contributed by atoms with E-state index in [1.807, 2.05) is 54.6 Å². The Morgan fingerprint density at radius 1 is 0.926 bits per heavy atom. The van der Waals surface area contributed by atoms with Gasteiger partial charge >= 0.3 is 0 Å². The zero-order valence-electron chi connectivity index (χ0n) is 14.5. The van der Waals surface area contributed by atoms with Gasteiger partial charge in [0.25, 0.3) is 0 Å². The Labute approximate surface area is 155 Å². The molecule has 1 N–H and O–H groups in total. The number of hydrogen-bond acceptors (Lipinski definition) is 2. The third-order valence-electron chi connectivity index (χ3n) is 5.61. The van der Waals surface area contributed by atoms with E-state index in [0.717, 1.165) is 33.4 Å². The van der Waals surface area contributed by atoms with Crippen molar-refractivity contribution in [3.63, 3.8) is 0 Å². The van der Waals surface area contributed by atoms with Crippen LogP contribution in [0.2, 0.25) is 0 Å². The molecule has 134 valence electrons. The number of fused-ring (bicyclic) bond motifs is 2. The number of hydrogen-bond donors (Lipinski definition) is 1. The summed E-state index contributed by atoms with van der Waals surface area (Å²) >= 11 is 0. The molecule has 5 rings (SSSR count). The van der Waals surface area contributed by atoms with Crippen molar-refractivity contribution >= 4 is 11.0 Å². The monoisotopic (exact) mass is 361 g/mol. The summed E-state index contributed by atoms with van der Waals surface area (Å²) in [6, 6.07) is 17.1. The fraction of sp³-hybridized carbons (Fsp3) is 0.182. The first-order chi connectivity index (χ1) is 13.2. The first kappa shape index (κ1) is 16.1. The molecule has 0 saturated carbocycles. The normalized spacial score (nSPS) is 15.4. The molecule has 0 aliphatic heterocycles. The summed E-state index contributed by atoms with van der Waals surface area (Å²) in [4.78, 5) is 11.7. The molecular formula is C22H17F2N3. The van der Waals surface area contributed by atoms with E-state index in [1.54, 1.807) is 6.20 Å². The van der Waals surface area contributed by atoms with Crippen LogP contribution in [-0.2, 0) is 18.3 Å². The molecule has 1 aliphatic carbocycles. The number of nitrogens with zero attached hydrogens (tertiary/aromatic N) is 2. The lowest BCUT2D eigenvalue weighted by molar-refractivity contribution is 0.0541. The van der Waals surface area contributed by atoms with Crippen molar-refractivity contribution in [1.29, 1.82) is 0 Å². The van der Waals surface area contributed by atoms with Crippen LogP contribution in [0.3, 0.4) is 0 Å². The van der Waals surface area contributed by atoms with E-state index in [0.29, 0.717) is 18.4 Å². The fourth-order valence-electron chi connectivity index (χ4n) is 4.21. The summed E-state index contributed by atoms with van der Waals surface area (Å²) < 4.78 is 28.7. The fourth-order valence-corrected chi connectivity index (χ4v) is 4.21. The van der Waals surface area contributed by atoms with Gasteiger partial charge < -0.3 is 4.98 Å². The van der Waals surface area contributed by atoms with Gasteiger partial charge in [-0.1, -0.05) is 42.5 Å². The molecule has 4 aromatic rings. The van der Waals surface area contributed by atoms with Gasteiger partial charge in [0.2, 0.25) is 6.43 Å². The Morgan fingerprint density at radius 3 is 2.44 bits per heavy atom. The van der Waals surface area contributed by atoms with Gasteiger partial charge in [0, 0.05) is 17.1 Å². The van der Waals surface area contributed by atoms with Gasteiger partial charge in [0.05, 0.1) is 11.1 Å². The lowest BCUT2D eigenvalue weighted by atomic mass is 9.77. The lowest BCUT2D eigenvalue weighted by Crippen LogP contribution is -2.35. The number of nitrogens with one attached hydrogen (secondary N) is 1. The van der Waals surface area contributed by atoms with Crippen LogP contribution in [0.25, 0.3) is 22.3 Å². The molecule has 0 amide bonds. The molecule has 0 spiro atoms. The van der Waals surface area contributed by atoms with Gasteiger partial charge in [-0.15, -0.1) is 0 Å². The number of aromatic amines is 1. The second kappa shape index (κ2) is 5.98. The largest absolute Gasteiger partial charge is 0.346 e. The maximum Gasteiger partial charge on any atom is 0.248 e. The van der Waals surface area contributed by atoms with Crippen molar-refractivity contribution < 1.29 is 8.78 Å². The van der Waals surface area contributed by atoms with Crippen LogP contribution in [0.5, 0.6) is 0 Å². The highest BCUT2D eigenvalue weighted by Crippen LogP contribution is 2.45. The zero-order chi connectivity index (χ0) is 18.4. The van der Waals surface area contributed by atoms with Crippen LogP contribution < -0.4 is 0 Å². The molecule has 2 aromatic carbocycles. The molecule has 5 heteroatoms. The topological polar surface area (TPSA) is 41.6 Å². The number of aromatic nitrogens is 3. The standard InChI is InChI=1S/C22H17F2N3/c23-21(24)22(11-15-4-1-2-5-16(15)12-22)17-7-3-6-14(10-17)19-18-8-9-25-20(18)27-13-26-19/h1-10,13,21H,11-12H2,(H,25,26,27). The highest BCUT2D eigenvalue weighted by atomic mass is 19.3. The van der Waals surface area contributed by atoms with Crippen molar-refractivity contribution in [2.45, 2.75) is 24.7 Å². The lowest BCUT2D eigenvalue weighted by Gasteiger charge is -2.29. The van der Waals surface area contributed by atoms with E-state index < -0.39 is 11.8 Å². The Balaban J connectivity index is 1.64. The summed E-state index contributed by atoms with van der Waals surface area (Å²) in [7, 11) is 0. The van der Waals surface area contributed by atoms with Crippen LogP contribution in [0.1, 0.15) is 16.7 Å². The van der Waals surface area contributed by atoms with Crippen molar-refractivity contribution in [2.75, 3.05) is 0 Å². The molecule has 0 saturated heterocycles. The molecule has 2 aromatic heterocycles. The van der Waals surface area contributed by atoms with Crippen LogP contribution >= 0.6 is 0 Å². The van der Waals surface area contributed by atoms with Gasteiger partial charge in [-0.2, -0.15) is 0 Å². The van der Waals surface area contributed by atoms with Gasteiger partial charge in [0.1, 0.15) is 12.0 Å². The van der Waals surface area contributed by atoms with Gasteiger partial charge in [-0.05, 0) is 41.7 Å². The predicted octanol–water partition coefficient (Wildman–Crippen LogP) is 4.93. The third kappa shape index (κ3) is 2.46. The molecule has 3 nitrogen and oxygen atoms in total. The minimum atomic E-state index is -2.45. The van der Waals surface area contributed by atoms with Crippen LogP contribution in [-0.4, -0.2) is 21.4 Å². The maximum atomic E-state index is 14.4. The van der Waals surface area contributed by atoms with Crippen LogP contribution in [0.15, 0.2) is 67.1 Å². The molecule has 0 bridgehead atoms. The van der Waals surface area contributed by atoms with E-state index in [4.69, 9.17) is 0 Å². The summed E-state index contributed by atoms with van der Waals surface area (Å²) in [5.74, 6) is 0. The first-order valence-electron chi connectivity index (χ1n) is 8.91. The minimum absolute atomic E-state index is 0.355.